The van der Waals surface area contributed by atoms with Crippen molar-refractivity contribution in [3.8, 4) is 0 Å². The van der Waals surface area contributed by atoms with Gasteiger partial charge in [0.05, 0.1) is 0 Å². The third-order valence-electron chi connectivity index (χ3n) is 4.51. The summed E-state index contributed by atoms with van der Waals surface area (Å²) in [5.41, 5.74) is 4.40. The van der Waals surface area contributed by atoms with E-state index >= 15 is 0 Å². The molecule has 0 aromatic carbocycles. The summed E-state index contributed by atoms with van der Waals surface area (Å²) in [6.45, 7) is 13.1. The molecular weight excluding hydrogens is 240 g/mol. The van der Waals surface area contributed by atoms with Gasteiger partial charge >= 0.3 is 0 Å². The Labute approximate surface area is 127 Å². The van der Waals surface area contributed by atoms with E-state index in [0.717, 1.165) is 11.8 Å². The van der Waals surface area contributed by atoms with E-state index in [1.165, 1.54) is 68.1 Å². The molecule has 1 aliphatic rings. The van der Waals surface area contributed by atoms with E-state index < -0.39 is 0 Å². The molecule has 0 amide bonds. The van der Waals surface area contributed by atoms with Crippen molar-refractivity contribution in [1.29, 1.82) is 0 Å². The van der Waals surface area contributed by atoms with Crippen LogP contribution in [-0.2, 0) is 0 Å². The lowest BCUT2D eigenvalue weighted by molar-refractivity contribution is 0.279. The lowest BCUT2D eigenvalue weighted by Gasteiger charge is -2.30. The molecule has 0 heterocycles. The summed E-state index contributed by atoms with van der Waals surface area (Å²) in [7, 11) is 0. The van der Waals surface area contributed by atoms with E-state index in [4.69, 9.17) is 0 Å². The van der Waals surface area contributed by atoms with Crippen LogP contribution in [0.3, 0.4) is 0 Å². The van der Waals surface area contributed by atoms with E-state index in [2.05, 4.69) is 46.4 Å². The van der Waals surface area contributed by atoms with Gasteiger partial charge in [0.15, 0.2) is 0 Å². The maximum atomic E-state index is 4.38. The lowest BCUT2D eigenvalue weighted by Crippen LogP contribution is -2.17. The van der Waals surface area contributed by atoms with Crippen molar-refractivity contribution in [1.82, 2.24) is 0 Å². The second-order valence-corrected chi connectivity index (χ2v) is 7.07. The van der Waals surface area contributed by atoms with Gasteiger partial charge in [0.25, 0.3) is 0 Å². The SMILES string of the molecule is C=C(CCC=C(C)C)C1CCCC(CCC=C(C)C)C1. The highest BCUT2D eigenvalue weighted by Gasteiger charge is 2.22. The van der Waals surface area contributed by atoms with Crippen molar-refractivity contribution < 1.29 is 0 Å². The molecule has 0 aromatic heterocycles. The molecule has 0 nitrogen and oxygen atoms in total. The van der Waals surface area contributed by atoms with Gasteiger partial charge in [-0.2, -0.15) is 0 Å². The van der Waals surface area contributed by atoms with Crippen LogP contribution >= 0.6 is 0 Å². The molecule has 2 atom stereocenters. The van der Waals surface area contributed by atoms with Crippen LogP contribution in [0.4, 0.5) is 0 Å². The van der Waals surface area contributed by atoms with Crippen LogP contribution in [0.5, 0.6) is 0 Å². The molecule has 0 radical (unpaired) electrons. The van der Waals surface area contributed by atoms with E-state index in [0.29, 0.717) is 0 Å². The molecule has 0 bridgehead atoms. The lowest BCUT2D eigenvalue weighted by atomic mass is 9.75. The van der Waals surface area contributed by atoms with Crippen molar-refractivity contribution >= 4 is 0 Å². The van der Waals surface area contributed by atoms with Crippen molar-refractivity contribution in [2.75, 3.05) is 0 Å². The van der Waals surface area contributed by atoms with Crippen LogP contribution < -0.4 is 0 Å². The van der Waals surface area contributed by atoms with E-state index in [1.54, 1.807) is 0 Å². The van der Waals surface area contributed by atoms with Gasteiger partial charge in [-0.3, -0.25) is 0 Å². The van der Waals surface area contributed by atoms with Gasteiger partial charge in [0, 0.05) is 0 Å². The first-order chi connectivity index (χ1) is 9.49. The van der Waals surface area contributed by atoms with E-state index in [9.17, 15) is 0 Å². The topological polar surface area (TPSA) is 0 Å². The molecule has 0 saturated heterocycles. The number of hydrogen-bond donors (Lipinski definition) is 0. The monoisotopic (exact) mass is 274 g/mol. The predicted molar refractivity (Wildman–Crippen MR) is 91.9 cm³/mol. The second kappa shape index (κ2) is 9.21. The van der Waals surface area contributed by atoms with Crippen LogP contribution in [0, 0.1) is 11.8 Å². The average Bonchev–Trinajstić information content (AvgIpc) is 2.38. The molecule has 2 unspecified atom stereocenters. The van der Waals surface area contributed by atoms with Crippen molar-refractivity contribution in [3.63, 3.8) is 0 Å². The quantitative estimate of drug-likeness (QED) is 0.446. The Morgan fingerprint density at radius 2 is 1.65 bits per heavy atom. The molecule has 1 fully saturated rings. The molecule has 0 spiro atoms. The van der Waals surface area contributed by atoms with Crippen LogP contribution in [0.15, 0.2) is 35.5 Å². The summed E-state index contributed by atoms with van der Waals surface area (Å²) >= 11 is 0. The predicted octanol–water partition coefficient (Wildman–Crippen LogP) is 6.84. The number of hydrogen-bond acceptors (Lipinski definition) is 0. The van der Waals surface area contributed by atoms with Gasteiger partial charge in [0.1, 0.15) is 0 Å². The van der Waals surface area contributed by atoms with Crippen LogP contribution in [-0.4, -0.2) is 0 Å². The molecular formula is C20H34. The Bertz CT molecular complexity index is 348. The Kier molecular flexibility index (Phi) is 7.95. The minimum Gasteiger partial charge on any atom is -0.0996 e. The van der Waals surface area contributed by atoms with Gasteiger partial charge in [-0.15, -0.1) is 0 Å². The zero-order valence-corrected chi connectivity index (χ0v) is 14.2. The molecule has 1 aliphatic carbocycles. The van der Waals surface area contributed by atoms with Gasteiger partial charge in [-0.25, -0.2) is 0 Å². The standard InChI is InChI=1S/C20H34/c1-16(2)9-6-11-18(5)20-14-8-13-19(15-20)12-7-10-17(3)4/h9-10,19-20H,5-8,11-15H2,1-4H3. The average molecular weight is 274 g/mol. The Balaban J connectivity index is 2.34. The van der Waals surface area contributed by atoms with Crippen LogP contribution in [0.1, 0.15) is 79.1 Å². The summed E-state index contributed by atoms with van der Waals surface area (Å²) in [6.07, 6.45) is 15.4. The maximum Gasteiger partial charge on any atom is -0.0203 e. The Morgan fingerprint density at radius 3 is 2.30 bits per heavy atom. The minimum atomic E-state index is 0.797. The highest BCUT2D eigenvalue weighted by molar-refractivity contribution is 5.05. The summed E-state index contributed by atoms with van der Waals surface area (Å²) in [4.78, 5) is 0. The summed E-state index contributed by atoms with van der Waals surface area (Å²) in [5, 5.41) is 0. The highest BCUT2D eigenvalue weighted by Crippen LogP contribution is 2.36. The Morgan fingerprint density at radius 1 is 1.00 bits per heavy atom. The summed E-state index contributed by atoms with van der Waals surface area (Å²) in [5.74, 6) is 1.73. The molecule has 1 rings (SSSR count). The van der Waals surface area contributed by atoms with Gasteiger partial charge in [-0.05, 0) is 78.1 Å². The molecule has 114 valence electrons. The molecule has 1 saturated carbocycles. The number of allylic oxidation sites excluding steroid dienone is 5. The first-order valence-corrected chi connectivity index (χ1v) is 8.43. The maximum absolute atomic E-state index is 4.38. The molecule has 0 aromatic rings. The fourth-order valence-corrected chi connectivity index (χ4v) is 3.28. The molecule has 0 N–H and O–H groups in total. The van der Waals surface area contributed by atoms with Crippen molar-refractivity contribution in [3.05, 3.63) is 35.5 Å². The van der Waals surface area contributed by atoms with E-state index in [-0.39, 0.29) is 0 Å². The van der Waals surface area contributed by atoms with Crippen LogP contribution in [0.25, 0.3) is 0 Å². The molecule has 0 aliphatic heterocycles. The van der Waals surface area contributed by atoms with Gasteiger partial charge in [-0.1, -0.05) is 48.3 Å². The van der Waals surface area contributed by atoms with Crippen molar-refractivity contribution in [2.45, 2.75) is 79.1 Å². The zero-order chi connectivity index (χ0) is 15.0. The third kappa shape index (κ3) is 7.12. The Hall–Kier alpha value is -0.780. The number of rotatable bonds is 7. The van der Waals surface area contributed by atoms with Gasteiger partial charge in [0.2, 0.25) is 0 Å². The highest BCUT2D eigenvalue weighted by atomic mass is 14.3. The van der Waals surface area contributed by atoms with Crippen LogP contribution in [0.2, 0.25) is 0 Å². The smallest absolute Gasteiger partial charge is 0.0203 e. The summed E-state index contributed by atoms with van der Waals surface area (Å²) < 4.78 is 0. The minimum absolute atomic E-state index is 0.797. The first kappa shape index (κ1) is 17.3. The normalized spacial score (nSPS) is 22.2. The molecule has 0 heteroatoms. The van der Waals surface area contributed by atoms with E-state index in [1.807, 2.05) is 0 Å². The first-order valence-electron chi connectivity index (χ1n) is 8.43. The second-order valence-electron chi connectivity index (χ2n) is 7.07. The fraction of sp³-hybridized carbons (Fsp3) is 0.700. The summed E-state index contributed by atoms with van der Waals surface area (Å²) in [6, 6.07) is 0. The largest absolute Gasteiger partial charge is 0.0996 e. The zero-order valence-electron chi connectivity index (χ0n) is 14.2. The van der Waals surface area contributed by atoms with Crippen molar-refractivity contribution in [2.24, 2.45) is 11.8 Å². The van der Waals surface area contributed by atoms with Gasteiger partial charge < -0.3 is 0 Å². The third-order valence-corrected chi connectivity index (χ3v) is 4.51. The molecule has 20 heavy (non-hydrogen) atoms. The fourth-order valence-electron chi connectivity index (χ4n) is 3.28.